The van der Waals surface area contributed by atoms with Crippen LogP contribution in [0.1, 0.15) is 37.8 Å². The molecule has 0 atom stereocenters. The first-order valence-electron chi connectivity index (χ1n) is 7.01. The zero-order valence-electron chi connectivity index (χ0n) is 12.3. The van der Waals surface area contributed by atoms with Crippen LogP contribution in [0, 0.1) is 19.8 Å². The Morgan fingerprint density at radius 1 is 1.11 bits per heavy atom. The molecule has 0 aliphatic heterocycles. The average molecular weight is 249 g/mol. The van der Waals surface area contributed by atoms with Crippen LogP contribution in [0.3, 0.4) is 0 Å². The SMILES string of the molecule is Cc1cccc(C)c1OCCCCNCC(C)C. The molecule has 0 saturated carbocycles. The third-order valence-electron chi connectivity index (χ3n) is 2.96. The Bertz CT molecular complexity index is 327. The minimum absolute atomic E-state index is 0.732. The highest BCUT2D eigenvalue weighted by molar-refractivity contribution is 5.39. The lowest BCUT2D eigenvalue weighted by molar-refractivity contribution is 0.301. The van der Waals surface area contributed by atoms with Crippen molar-refractivity contribution >= 4 is 0 Å². The number of hydrogen-bond acceptors (Lipinski definition) is 2. The minimum atomic E-state index is 0.732. The van der Waals surface area contributed by atoms with Gasteiger partial charge in [0.2, 0.25) is 0 Å². The second kappa shape index (κ2) is 8.15. The highest BCUT2D eigenvalue weighted by Crippen LogP contribution is 2.22. The lowest BCUT2D eigenvalue weighted by Gasteiger charge is -2.12. The molecular weight excluding hydrogens is 222 g/mol. The molecule has 0 aliphatic rings. The number of unbranched alkanes of at least 4 members (excludes halogenated alkanes) is 1. The molecule has 0 heterocycles. The summed E-state index contributed by atoms with van der Waals surface area (Å²) in [4.78, 5) is 0. The monoisotopic (exact) mass is 249 g/mol. The van der Waals surface area contributed by atoms with Gasteiger partial charge in [-0.25, -0.2) is 0 Å². The summed E-state index contributed by atoms with van der Waals surface area (Å²) in [5.74, 6) is 1.79. The Kier molecular flexibility index (Phi) is 6.81. The fourth-order valence-electron chi connectivity index (χ4n) is 1.94. The van der Waals surface area contributed by atoms with Crippen LogP contribution in [0.2, 0.25) is 0 Å². The summed E-state index contributed by atoms with van der Waals surface area (Å²) >= 11 is 0. The molecule has 18 heavy (non-hydrogen) atoms. The largest absolute Gasteiger partial charge is 0.493 e. The predicted molar refractivity (Wildman–Crippen MR) is 78.4 cm³/mol. The molecule has 0 aromatic heterocycles. The number of benzene rings is 1. The Morgan fingerprint density at radius 3 is 2.39 bits per heavy atom. The van der Waals surface area contributed by atoms with E-state index in [-0.39, 0.29) is 0 Å². The molecule has 0 bridgehead atoms. The summed E-state index contributed by atoms with van der Waals surface area (Å²) < 4.78 is 5.87. The molecule has 0 unspecified atom stereocenters. The van der Waals surface area contributed by atoms with Crippen molar-refractivity contribution < 1.29 is 4.74 Å². The van der Waals surface area contributed by atoms with Crippen molar-refractivity contribution in [3.05, 3.63) is 29.3 Å². The number of para-hydroxylation sites is 1. The molecule has 0 amide bonds. The van der Waals surface area contributed by atoms with E-state index in [2.05, 4.69) is 51.2 Å². The quantitative estimate of drug-likeness (QED) is 0.709. The topological polar surface area (TPSA) is 21.3 Å². The van der Waals surface area contributed by atoms with Crippen LogP contribution in [0.25, 0.3) is 0 Å². The van der Waals surface area contributed by atoms with Crippen molar-refractivity contribution in [2.24, 2.45) is 5.92 Å². The molecular formula is C16H27NO. The molecule has 1 rings (SSSR count). The highest BCUT2D eigenvalue weighted by Gasteiger charge is 2.02. The molecule has 1 aromatic carbocycles. The molecule has 0 saturated heterocycles. The fraction of sp³-hybridized carbons (Fsp3) is 0.625. The van der Waals surface area contributed by atoms with E-state index < -0.39 is 0 Å². The van der Waals surface area contributed by atoms with Crippen LogP contribution < -0.4 is 10.1 Å². The van der Waals surface area contributed by atoms with E-state index in [1.165, 1.54) is 17.5 Å². The molecule has 2 nitrogen and oxygen atoms in total. The van der Waals surface area contributed by atoms with Gasteiger partial charge in [-0.05, 0) is 56.8 Å². The molecule has 1 aromatic rings. The number of nitrogens with one attached hydrogen (secondary N) is 1. The fourth-order valence-corrected chi connectivity index (χ4v) is 1.94. The van der Waals surface area contributed by atoms with Gasteiger partial charge in [0, 0.05) is 0 Å². The van der Waals surface area contributed by atoms with E-state index in [9.17, 15) is 0 Å². The van der Waals surface area contributed by atoms with Gasteiger partial charge in [0.05, 0.1) is 6.61 Å². The van der Waals surface area contributed by atoms with Crippen molar-refractivity contribution in [2.45, 2.75) is 40.5 Å². The van der Waals surface area contributed by atoms with Crippen LogP contribution in [0.5, 0.6) is 5.75 Å². The molecule has 102 valence electrons. The maximum absolute atomic E-state index is 5.87. The van der Waals surface area contributed by atoms with E-state index >= 15 is 0 Å². The van der Waals surface area contributed by atoms with E-state index in [4.69, 9.17) is 4.74 Å². The predicted octanol–water partition coefficient (Wildman–Crippen LogP) is 3.71. The lowest BCUT2D eigenvalue weighted by Crippen LogP contribution is -2.21. The first kappa shape index (κ1) is 15.0. The Balaban J connectivity index is 2.14. The van der Waals surface area contributed by atoms with Crippen molar-refractivity contribution in [1.82, 2.24) is 5.32 Å². The van der Waals surface area contributed by atoms with Gasteiger partial charge in [0.25, 0.3) is 0 Å². The molecule has 1 N–H and O–H groups in total. The first-order valence-corrected chi connectivity index (χ1v) is 7.01. The van der Waals surface area contributed by atoms with Crippen LogP contribution in [-0.4, -0.2) is 19.7 Å². The van der Waals surface area contributed by atoms with Crippen molar-refractivity contribution in [3.63, 3.8) is 0 Å². The Hall–Kier alpha value is -1.02. The van der Waals surface area contributed by atoms with Gasteiger partial charge in [-0.15, -0.1) is 0 Å². The molecule has 0 aliphatic carbocycles. The van der Waals surface area contributed by atoms with Gasteiger partial charge in [0.1, 0.15) is 5.75 Å². The number of ether oxygens (including phenoxy) is 1. The van der Waals surface area contributed by atoms with E-state index in [0.717, 1.165) is 37.8 Å². The summed E-state index contributed by atoms with van der Waals surface area (Å²) in [6.07, 6.45) is 2.29. The number of aryl methyl sites for hydroxylation is 2. The zero-order chi connectivity index (χ0) is 13.4. The second-order valence-electron chi connectivity index (χ2n) is 5.37. The number of rotatable bonds is 8. The maximum Gasteiger partial charge on any atom is 0.125 e. The minimum Gasteiger partial charge on any atom is -0.493 e. The van der Waals surface area contributed by atoms with Gasteiger partial charge >= 0.3 is 0 Å². The van der Waals surface area contributed by atoms with Crippen molar-refractivity contribution in [2.75, 3.05) is 19.7 Å². The van der Waals surface area contributed by atoms with Gasteiger partial charge < -0.3 is 10.1 Å². The van der Waals surface area contributed by atoms with Crippen LogP contribution in [0.4, 0.5) is 0 Å². The van der Waals surface area contributed by atoms with Crippen molar-refractivity contribution in [1.29, 1.82) is 0 Å². The third kappa shape index (κ3) is 5.54. The van der Waals surface area contributed by atoms with Crippen LogP contribution >= 0.6 is 0 Å². The van der Waals surface area contributed by atoms with Gasteiger partial charge in [-0.2, -0.15) is 0 Å². The number of hydrogen-bond donors (Lipinski definition) is 1. The summed E-state index contributed by atoms with van der Waals surface area (Å²) in [6, 6.07) is 6.28. The smallest absolute Gasteiger partial charge is 0.125 e. The van der Waals surface area contributed by atoms with Crippen LogP contribution in [-0.2, 0) is 0 Å². The lowest BCUT2D eigenvalue weighted by atomic mass is 10.1. The Morgan fingerprint density at radius 2 is 1.78 bits per heavy atom. The van der Waals surface area contributed by atoms with Crippen molar-refractivity contribution in [3.8, 4) is 5.75 Å². The van der Waals surface area contributed by atoms with E-state index in [1.54, 1.807) is 0 Å². The van der Waals surface area contributed by atoms with E-state index in [1.807, 2.05) is 0 Å². The van der Waals surface area contributed by atoms with Crippen LogP contribution in [0.15, 0.2) is 18.2 Å². The highest BCUT2D eigenvalue weighted by atomic mass is 16.5. The standard InChI is InChI=1S/C16H27NO/c1-13(2)12-17-10-5-6-11-18-16-14(3)8-7-9-15(16)4/h7-9,13,17H,5-6,10-12H2,1-4H3. The molecule has 0 fully saturated rings. The molecule has 0 radical (unpaired) electrons. The zero-order valence-corrected chi connectivity index (χ0v) is 12.3. The van der Waals surface area contributed by atoms with Gasteiger partial charge in [-0.1, -0.05) is 32.0 Å². The normalized spacial score (nSPS) is 10.9. The summed E-state index contributed by atoms with van der Waals surface area (Å²) in [5.41, 5.74) is 2.46. The first-order chi connectivity index (χ1) is 8.61. The summed E-state index contributed by atoms with van der Waals surface area (Å²) in [7, 11) is 0. The maximum atomic E-state index is 5.87. The van der Waals surface area contributed by atoms with Gasteiger partial charge in [0.15, 0.2) is 0 Å². The van der Waals surface area contributed by atoms with E-state index in [0.29, 0.717) is 0 Å². The molecule has 0 spiro atoms. The third-order valence-corrected chi connectivity index (χ3v) is 2.96. The summed E-state index contributed by atoms with van der Waals surface area (Å²) in [5, 5.41) is 3.45. The average Bonchev–Trinajstić information content (AvgIpc) is 2.30. The Labute approximate surface area is 112 Å². The molecule has 2 heteroatoms. The van der Waals surface area contributed by atoms with Gasteiger partial charge in [-0.3, -0.25) is 0 Å². The summed E-state index contributed by atoms with van der Waals surface area (Å²) in [6.45, 7) is 11.7. The second-order valence-corrected chi connectivity index (χ2v) is 5.37.